The first-order valence-electron chi connectivity index (χ1n) is 10.4. The number of anilines is 2. The van der Waals surface area contributed by atoms with Crippen LogP contribution in [0.5, 0.6) is 0 Å². The number of hydrogen-bond acceptors (Lipinski definition) is 6. The second kappa shape index (κ2) is 6.36. The van der Waals surface area contributed by atoms with Crippen molar-refractivity contribution in [2.75, 3.05) is 16.8 Å². The molecule has 32 heavy (non-hydrogen) atoms. The maximum absolute atomic E-state index is 13.8. The van der Waals surface area contributed by atoms with E-state index in [0.717, 1.165) is 11.3 Å². The van der Waals surface area contributed by atoms with Crippen molar-refractivity contribution in [3.05, 3.63) is 63.2 Å². The van der Waals surface area contributed by atoms with Crippen molar-refractivity contribution in [3.63, 3.8) is 0 Å². The molecule has 4 aliphatic rings. The largest absolute Gasteiger partial charge is 0.323 e. The number of nitrogens with one attached hydrogen (secondary N) is 1. The first-order valence-corrected chi connectivity index (χ1v) is 10.7. The van der Waals surface area contributed by atoms with Crippen LogP contribution in [0.4, 0.5) is 17.1 Å². The summed E-state index contributed by atoms with van der Waals surface area (Å²) in [5.41, 5.74) is -0.0517. The number of fused-ring (bicyclic) bond motifs is 7. The number of nitro benzene ring substituents is 1. The van der Waals surface area contributed by atoms with Crippen LogP contribution in [0.2, 0.25) is 5.02 Å². The second-order valence-corrected chi connectivity index (χ2v) is 8.98. The summed E-state index contributed by atoms with van der Waals surface area (Å²) in [4.78, 5) is 54.5. The molecule has 9 nitrogen and oxygen atoms in total. The highest BCUT2D eigenvalue weighted by molar-refractivity contribution is 6.35. The molecule has 10 heteroatoms. The first-order chi connectivity index (χ1) is 15.4. The van der Waals surface area contributed by atoms with E-state index in [2.05, 4.69) is 5.32 Å². The highest BCUT2D eigenvalue weighted by atomic mass is 35.5. The van der Waals surface area contributed by atoms with E-state index in [1.807, 2.05) is 4.90 Å². The van der Waals surface area contributed by atoms with Gasteiger partial charge in [-0.3, -0.25) is 29.4 Å². The summed E-state index contributed by atoms with van der Waals surface area (Å²) in [5, 5.41) is 14.2. The molecule has 4 unspecified atom stereocenters. The van der Waals surface area contributed by atoms with Gasteiger partial charge in [-0.15, -0.1) is 0 Å². The van der Waals surface area contributed by atoms with Crippen LogP contribution < -0.4 is 10.2 Å². The Bertz CT molecular complexity index is 1230. The van der Waals surface area contributed by atoms with Crippen molar-refractivity contribution in [1.82, 2.24) is 4.90 Å². The third-order valence-corrected chi connectivity index (χ3v) is 7.61. The minimum Gasteiger partial charge on any atom is -0.323 e. The minimum atomic E-state index is -1.30. The molecule has 0 saturated carbocycles. The molecule has 4 heterocycles. The van der Waals surface area contributed by atoms with Crippen LogP contribution >= 0.6 is 11.6 Å². The Labute approximate surface area is 187 Å². The van der Waals surface area contributed by atoms with Gasteiger partial charge in [-0.1, -0.05) is 23.7 Å². The number of nitrogens with zero attached hydrogens (tertiary/aromatic N) is 3. The van der Waals surface area contributed by atoms with E-state index < -0.39 is 28.2 Å². The van der Waals surface area contributed by atoms with Gasteiger partial charge in [0, 0.05) is 23.7 Å². The van der Waals surface area contributed by atoms with Crippen LogP contribution in [0, 0.1) is 22.0 Å². The average molecular weight is 453 g/mol. The van der Waals surface area contributed by atoms with Crippen LogP contribution in [-0.2, 0) is 19.9 Å². The van der Waals surface area contributed by atoms with E-state index in [9.17, 15) is 24.5 Å². The van der Waals surface area contributed by atoms with Gasteiger partial charge in [0.25, 0.3) is 11.6 Å². The monoisotopic (exact) mass is 452 g/mol. The topological polar surface area (TPSA) is 113 Å². The summed E-state index contributed by atoms with van der Waals surface area (Å²) in [5.74, 6) is -2.74. The summed E-state index contributed by atoms with van der Waals surface area (Å²) in [6.45, 7) is 0.606. The SMILES string of the molecule is O=C1C2C3CCCN3C3(C(=O)Nc4c(Cl)cccc43)C2C(=O)N1c1ccc([N+](=O)[O-])cc1. The number of carbonyl (C=O) groups excluding carboxylic acids is 3. The van der Waals surface area contributed by atoms with Gasteiger partial charge in [0.15, 0.2) is 0 Å². The van der Waals surface area contributed by atoms with Crippen molar-refractivity contribution >= 4 is 46.4 Å². The maximum atomic E-state index is 13.8. The van der Waals surface area contributed by atoms with E-state index in [0.29, 0.717) is 29.2 Å². The zero-order valence-corrected chi connectivity index (χ0v) is 17.4. The predicted octanol–water partition coefficient (Wildman–Crippen LogP) is 2.68. The second-order valence-electron chi connectivity index (χ2n) is 8.57. The van der Waals surface area contributed by atoms with E-state index in [1.165, 1.54) is 24.3 Å². The summed E-state index contributed by atoms with van der Waals surface area (Å²) < 4.78 is 0. The van der Waals surface area contributed by atoms with Crippen LogP contribution in [0.3, 0.4) is 0 Å². The molecule has 4 atom stereocenters. The molecular weight excluding hydrogens is 436 g/mol. The number of imide groups is 1. The molecule has 3 amide bonds. The molecule has 162 valence electrons. The van der Waals surface area contributed by atoms with E-state index in [-0.39, 0.29) is 29.2 Å². The number of non-ortho nitro benzene ring substituents is 1. The van der Waals surface area contributed by atoms with Crippen molar-refractivity contribution < 1.29 is 19.3 Å². The Morgan fingerprint density at radius 2 is 1.84 bits per heavy atom. The number of benzene rings is 2. The van der Waals surface area contributed by atoms with Gasteiger partial charge in [0.1, 0.15) is 5.54 Å². The smallest absolute Gasteiger partial charge is 0.269 e. The number of carbonyl (C=O) groups is 3. The van der Waals surface area contributed by atoms with Gasteiger partial charge >= 0.3 is 0 Å². The minimum absolute atomic E-state index is 0.134. The number of halogens is 1. The van der Waals surface area contributed by atoms with Crippen LogP contribution in [0.15, 0.2) is 42.5 Å². The molecule has 3 fully saturated rings. The Morgan fingerprint density at radius 1 is 1.09 bits per heavy atom. The molecule has 0 radical (unpaired) electrons. The molecule has 0 aliphatic carbocycles. The number of hydrogen-bond donors (Lipinski definition) is 1. The lowest BCUT2D eigenvalue weighted by molar-refractivity contribution is -0.384. The van der Waals surface area contributed by atoms with E-state index in [4.69, 9.17) is 11.6 Å². The fourth-order valence-corrected chi connectivity index (χ4v) is 6.39. The first kappa shape index (κ1) is 19.4. The average Bonchev–Trinajstić information content (AvgIpc) is 3.47. The van der Waals surface area contributed by atoms with Gasteiger partial charge in [-0.05, 0) is 37.6 Å². The standard InChI is InChI=1S/C22H17ClN4O5/c23-14-4-1-3-13-18(14)24-21(30)22(13)17-16(15-5-2-10-25(15)22)19(28)26(20(17)29)11-6-8-12(9-7-11)27(31)32/h1,3-4,6-9,15-17H,2,5,10H2,(H,24,30). The Balaban J connectivity index is 1.52. The van der Waals surface area contributed by atoms with Gasteiger partial charge in [-0.25, -0.2) is 4.90 Å². The molecule has 3 saturated heterocycles. The zero-order valence-electron chi connectivity index (χ0n) is 16.7. The van der Waals surface area contributed by atoms with Crippen LogP contribution in [-0.4, -0.2) is 40.1 Å². The van der Waals surface area contributed by atoms with Crippen molar-refractivity contribution in [2.45, 2.75) is 24.4 Å². The fourth-order valence-electron chi connectivity index (χ4n) is 6.17. The third-order valence-electron chi connectivity index (χ3n) is 7.30. The summed E-state index contributed by atoms with van der Waals surface area (Å²) in [6.07, 6.45) is 1.52. The fraction of sp³-hybridized carbons (Fsp3) is 0.318. The number of para-hydroxylation sites is 1. The molecule has 6 rings (SSSR count). The number of nitro groups is 1. The van der Waals surface area contributed by atoms with Crippen molar-refractivity contribution in [3.8, 4) is 0 Å². The van der Waals surface area contributed by atoms with Crippen LogP contribution in [0.25, 0.3) is 0 Å². The molecule has 0 bridgehead atoms. The van der Waals surface area contributed by atoms with Crippen molar-refractivity contribution in [1.29, 1.82) is 0 Å². The maximum Gasteiger partial charge on any atom is 0.269 e. The van der Waals surface area contributed by atoms with Gasteiger partial charge in [0.05, 0.1) is 33.2 Å². The van der Waals surface area contributed by atoms with Crippen molar-refractivity contribution in [2.24, 2.45) is 11.8 Å². The predicted molar refractivity (Wildman–Crippen MR) is 114 cm³/mol. The van der Waals surface area contributed by atoms with Gasteiger partial charge in [-0.2, -0.15) is 0 Å². The highest BCUT2D eigenvalue weighted by Crippen LogP contribution is 2.61. The molecule has 1 N–H and O–H groups in total. The molecular formula is C22H17ClN4O5. The number of amides is 3. The molecule has 2 aromatic carbocycles. The molecule has 0 aromatic heterocycles. The summed E-state index contributed by atoms with van der Waals surface area (Å²) in [6, 6.07) is 10.3. The molecule has 1 spiro atoms. The summed E-state index contributed by atoms with van der Waals surface area (Å²) in [7, 11) is 0. The Hall–Kier alpha value is -3.30. The quantitative estimate of drug-likeness (QED) is 0.426. The lowest BCUT2D eigenvalue weighted by Crippen LogP contribution is -2.54. The van der Waals surface area contributed by atoms with Gasteiger partial charge < -0.3 is 5.32 Å². The lowest BCUT2D eigenvalue weighted by Gasteiger charge is -2.36. The third kappa shape index (κ3) is 2.14. The highest BCUT2D eigenvalue weighted by Gasteiger charge is 2.74. The molecule has 4 aliphatic heterocycles. The van der Waals surface area contributed by atoms with Crippen LogP contribution in [0.1, 0.15) is 18.4 Å². The normalized spacial score (nSPS) is 30.6. The molecule has 2 aromatic rings. The lowest BCUT2D eigenvalue weighted by atomic mass is 9.75. The van der Waals surface area contributed by atoms with E-state index >= 15 is 0 Å². The summed E-state index contributed by atoms with van der Waals surface area (Å²) >= 11 is 6.36. The Morgan fingerprint density at radius 3 is 2.56 bits per heavy atom. The van der Waals surface area contributed by atoms with E-state index in [1.54, 1.807) is 18.2 Å². The Kier molecular flexibility index (Phi) is 3.86. The zero-order chi connectivity index (χ0) is 22.4. The van der Waals surface area contributed by atoms with Gasteiger partial charge in [0.2, 0.25) is 11.8 Å². The number of rotatable bonds is 2.